The molecule has 2 aliphatic heterocycles. The third-order valence-corrected chi connectivity index (χ3v) is 7.83. The number of fused-ring (bicyclic) bond motifs is 1. The van der Waals surface area contributed by atoms with Crippen molar-refractivity contribution in [1.82, 2.24) is 14.7 Å². The Labute approximate surface area is 232 Å². The average molecular weight is 541 g/mol. The van der Waals surface area contributed by atoms with E-state index in [1.54, 1.807) is 7.11 Å². The fourth-order valence-corrected chi connectivity index (χ4v) is 5.77. The summed E-state index contributed by atoms with van der Waals surface area (Å²) >= 11 is 6.11. The Morgan fingerprint density at radius 1 is 0.947 bits per heavy atom. The Morgan fingerprint density at radius 3 is 2.42 bits per heavy atom. The molecule has 0 bridgehead atoms. The van der Waals surface area contributed by atoms with Gasteiger partial charge in [0.05, 0.1) is 5.92 Å². The predicted molar refractivity (Wildman–Crippen MR) is 152 cm³/mol. The van der Waals surface area contributed by atoms with Crippen molar-refractivity contribution < 1.29 is 14.3 Å². The largest absolute Gasteiger partial charge is 0.375 e. The number of nitrogens with zero attached hydrogens (tertiary/aromatic N) is 4. The first kappa shape index (κ1) is 28.6. The second kappa shape index (κ2) is 14.1. The minimum absolute atomic E-state index is 0.0187. The molecule has 0 aromatic heterocycles. The van der Waals surface area contributed by atoms with E-state index < -0.39 is 0 Å². The van der Waals surface area contributed by atoms with Gasteiger partial charge >= 0.3 is 0 Å². The predicted octanol–water partition coefficient (Wildman–Crippen LogP) is 4.29. The van der Waals surface area contributed by atoms with Crippen molar-refractivity contribution in [2.24, 2.45) is 5.92 Å². The van der Waals surface area contributed by atoms with Gasteiger partial charge in [-0.3, -0.25) is 14.5 Å². The van der Waals surface area contributed by atoms with Crippen LogP contribution in [0.2, 0.25) is 5.02 Å². The lowest BCUT2D eigenvalue weighted by Crippen LogP contribution is -2.45. The smallest absolute Gasteiger partial charge is 0.252 e. The number of methoxy groups -OCH3 is 1. The van der Waals surface area contributed by atoms with Crippen molar-refractivity contribution in [3.63, 3.8) is 0 Å². The van der Waals surface area contributed by atoms with Crippen molar-refractivity contribution in [1.29, 1.82) is 0 Å². The Kier molecular flexibility index (Phi) is 10.6. The molecule has 0 radical (unpaired) electrons. The van der Waals surface area contributed by atoms with Crippen LogP contribution >= 0.6 is 11.6 Å². The number of likely N-dealkylation sites (tertiary alicyclic amines) is 1. The first-order valence-corrected chi connectivity index (χ1v) is 14.1. The van der Waals surface area contributed by atoms with Crippen LogP contribution in [0, 0.1) is 5.92 Å². The van der Waals surface area contributed by atoms with Crippen molar-refractivity contribution in [3.8, 4) is 0 Å². The monoisotopic (exact) mass is 540 g/mol. The molecule has 1 saturated heterocycles. The molecule has 2 aromatic carbocycles. The summed E-state index contributed by atoms with van der Waals surface area (Å²) in [5.41, 5.74) is 3.09. The van der Waals surface area contributed by atoms with Crippen LogP contribution in [0.5, 0.6) is 0 Å². The summed E-state index contributed by atoms with van der Waals surface area (Å²) in [6.45, 7) is 6.20. The van der Waals surface area contributed by atoms with Crippen LogP contribution in [0.4, 0.5) is 5.69 Å². The SMILES string of the molecule is COCC(=O)N1CCCN(Cc2ccc(Cl)cc2)CCCN(C(=O)C2CCCN(C)C2)Cc2ccccc21. The molecular weight excluding hydrogens is 500 g/mol. The van der Waals surface area contributed by atoms with Gasteiger partial charge in [0.2, 0.25) is 5.91 Å². The van der Waals surface area contributed by atoms with Crippen molar-refractivity contribution in [2.45, 2.75) is 38.8 Å². The molecule has 0 saturated carbocycles. The number of hydrogen-bond acceptors (Lipinski definition) is 5. The number of piperidine rings is 1. The van der Waals surface area contributed by atoms with Crippen LogP contribution in [-0.2, 0) is 27.4 Å². The standard InChI is InChI=1S/C30H41ClN4O3/c1-32-15-5-9-26(21-32)30(37)34-18-6-16-33(20-24-11-13-27(31)14-12-24)17-7-19-35(29(36)23-38-2)28-10-4-3-8-25(28)22-34/h3-4,8,10-14,26H,5-7,9,15-23H2,1-2H3. The van der Waals surface area contributed by atoms with Gasteiger partial charge in [-0.15, -0.1) is 0 Å². The molecule has 4 rings (SSSR count). The molecule has 0 N–H and O–H groups in total. The van der Waals surface area contributed by atoms with Gasteiger partial charge in [0, 0.05) is 63.6 Å². The van der Waals surface area contributed by atoms with E-state index in [2.05, 4.69) is 29.0 Å². The highest BCUT2D eigenvalue weighted by Gasteiger charge is 2.29. The van der Waals surface area contributed by atoms with Crippen molar-refractivity contribution in [3.05, 3.63) is 64.7 Å². The number of benzene rings is 2. The van der Waals surface area contributed by atoms with Crippen LogP contribution in [-0.4, -0.2) is 86.5 Å². The van der Waals surface area contributed by atoms with Crippen LogP contribution in [0.25, 0.3) is 0 Å². The number of ether oxygens (including phenoxy) is 1. The van der Waals surface area contributed by atoms with E-state index in [0.717, 1.165) is 74.7 Å². The zero-order chi connectivity index (χ0) is 26.9. The minimum Gasteiger partial charge on any atom is -0.375 e. The summed E-state index contributed by atoms with van der Waals surface area (Å²) < 4.78 is 5.22. The third kappa shape index (κ3) is 7.79. The molecule has 206 valence electrons. The zero-order valence-corrected chi connectivity index (χ0v) is 23.5. The number of carbonyl (C=O) groups excluding carboxylic acids is 2. The highest BCUT2D eigenvalue weighted by atomic mass is 35.5. The van der Waals surface area contributed by atoms with E-state index in [1.807, 2.05) is 46.2 Å². The molecule has 2 amide bonds. The second-order valence-electron chi connectivity index (χ2n) is 10.6. The molecule has 8 heteroatoms. The molecule has 2 aromatic rings. The van der Waals surface area contributed by atoms with Gasteiger partial charge in [-0.1, -0.05) is 41.9 Å². The number of halogens is 1. The number of carbonyl (C=O) groups is 2. The number of rotatable bonds is 5. The van der Waals surface area contributed by atoms with Gasteiger partial charge in [-0.2, -0.15) is 0 Å². The molecule has 2 aliphatic rings. The lowest BCUT2D eigenvalue weighted by atomic mass is 9.96. The van der Waals surface area contributed by atoms with Gasteiger partial charge in [-0.25, -0.2) is 0 Å². The highest BCUT2D eigenvalue weighted by molar-refractivity contribution is 6.30. The van der Waals surface area contributed by atoms with E-state index in [4.69, 9.17) is 16.3 Å². The summed E-state index contributed by atoms with van der Waals surface area (Å²) in [6, 6.07) is 16.0. The number of amides is 2. The lowest BCUT2D eigenvalue weighted by Gasteiger charge is -2.35. The fourth-order valence-electron chi connectivity index (χ4n) is 5.64. The highest BCUT2D eigenvalue weighted by Crippen LogP contribution is 2.26. The molecular formula is C30H41ClN4O3. The zero-order valence-electron chi connectivity index (χ0n) is 22.8. The van der Waals surface area contributed by atoms with E-state index in [0.29, 0.717) is 19.6 Å². The van der Waals surface area contributed by atoms with E-state index in [9.17, 15) is 9.59 Å². The van der Waals surface area contributed by atoms with Crippen molar-refractivity contribution >= 4 is 29.1 Å². The number of hydrogen-bond donors (Lipinski definition) is 0. The van der Waals surface area contributed by atoms with Gasteiger partial charge in [0.1, 0.15) is 6.61 Å². The van der Waals surface area contributed by atoms with Gasteiger partial charge in [-0.05, 0) is 68.6 Å². The average Bonchev–Trinajstić information content (AvgIpc) is 2.91. The number of para-hydroxylation sites is 1. The van der Waals surface area contributed by atoms with E-state index in [1.165, 1.54) is 5.56 Å². The van der Waals surface area contributed by atoms with E-state index in [-0.39, 0.29) is 24.3 Å². The third-order valence-electron chi connectivity index (χ3n) is 7.58. The summed E-state index contributed by atoms with van der Waals surface area (Å²) in [4.78, 5) is 35.5. The summed E-state index contributed by atoms with van der Waals surface area (Å²) in [5, 5.41) is 0.732. The van der Waals surface area contributed by atoms with E-state index >= 15 is 0 Å². The number of anilines is 1. The van der Waals surface area contributed by atoms with Gasteiger partial charge in [0.15, 0.2) is 0 Å². The maximum Gasteiger partial charge on any atom is 0.252 e. The van der Waals surface area contributed by atoms with Crippen LogP contribution < -0.4 is 4.90 Å². The Hall–Kier alpha value is -2.45. The topological polar surface area (TPSA) is 56.3 Å². The maximum absolute atomic E-state index is 13.8. The first-order valence-electron chi connectivity index (χ1n) is 13.8. The van der Waals surface area contributed by atoms with Gasteiger partial charge < -0.3 is 19.4 Å². The minimum atomic E-state index is -0.0620. The fraction of sp³-hybridized carbons (Fsp3) is 0.533. The van der Waals surface area contributed by atoms with Gasteiger partial charge in [0.25, 0.3) is 5.91 Å². The van der Waals surface area contributed by atoms with Crippen molar-refractivity contribution in [2.75, 3.05) is 64.9 Å². The van der Waals surface area contributed by atoms with Crippen LogP contribution in [0.15, 0.2) is 48.5 Å². The second-order valence-corrected chi connectivity index (χ2v) is 11.0. The molecule has 1 unspecified atom stereocenters. The molecule has 0 aliphatic carbocycles. The molecule has 1 atom stereocenters. The Bertz CT molecular complexity index is 1060. The summed E-state index contributed by atoms with van der Waals surface area (Å²) in [7, 11) is 3.65. The molecule has 7 nitrogen and oxygen atoms in total. The lowest BCUT2D eigenvalue weighted by molar-refractivity contribution is -0.138. The summed E-state index contributed by atoms with van der Waals surface area (Å²) in [5.74, 6) is 0.181. The van der Waals surface area contributed by atoms with Crippen LogP contribution in [0.3, 0.4) is 0 Å². The molecule has 1 fully saturated rings. The van der Waals surface area contributed by atoms with Crippen LogP contribution in [0.1, 0.15) is 36.8 Å². The summed E-state index contributed by atoms with van der Waals surface area (Å²) in [6.07, 6.45) is 3.72. The Morgan fingerprint density at radius 2 is 1.68 bits per heavy atom. The molecule has 2 heterocycles. The normalized spacial score (nSPS) is 20.3. The molecule has 0 spiro atoms. The maximum atomic E-state index is 13.8. The first-order chi connectivity index (χ1) is 18.4. The molecule has 38 heavy (non-hydrogen) atoms. The Balaban J connectivity index is 1.60. The quantitative estimate of drug-likeness (QED) is 0.566.